The van der Waals surface area contributed by atoms with Crippen LogP contribution in [0.4, 0.5) is 5.82 Å². The van der Waals surface area contributed by atoms with Crippen LogP contribution in [0.25, 0.3) is 0 Å². The number of nitrogens with zero attached hydrogens (tertiary/aromatic N) is 2. The number of nitrogens with one attached hydrogen (secondary N) is 2. The predicted octanol–water partition coefficient (Wildman–Crippen LogP) is 1.37. The van der Waals surface area contributed by atoms with E-state index in [4.69, 9.17) is 4.74 Å². The quantitative estimate of drug-likeness (QED) is 0.683. The van der Waals surface area contributed by atoms with E-state index in [0.29, 0.717) is 17.9 Å². The lowest BCUT2D eigenvalue weighted by Gasteiger charge is -2.16. The molecular weight excluding hydrogens is 384 g/mol. The summed E-state index contributed by atoms with van der Waals surface area (Å²) in [5, 5.41) is 10.1. The molecule has 0 unspecified atom stereocenters. The number of aromatic amines is 1. The van der Waals surface area contributed by atoms with Crippen molar-refractivity contribution in [2.24, 2.45) is 0 Å². The molecule has 2 N–H and O–H groups in total. The number of sulfone groups is 1. The number of aromatic nitrogens is 2. The number of para-hydroxylation sites is 1. The Kier molecular flexibility index (Phi) is 6.94. The zero-order valence-electron chi connectivity index (χ0n) is 15.8. The molecule has 0 aliphatic heterocycles. The van der Waals surface area contributed by atoms with Gasteiger partial charge in [-0.2, -0.15) is 5.10 Å². The van der Waals surface area contributed by atoms with E-state index in [0.717, 1.165) is 11.7 Å². The topological polar surface area (TPSA) is 121 Å². The highest BCUT2D eigenvalue weighted by molar-refractivity contribution is 7.93. The Balaban J connectivity index is 2.07. The first-order valence-corrected chi connectivity index (χ1v) is 10.4. The summed E-state index contributed by atoms with van der Waals surface area (Å²) in [4.78, 5) is 26.1. The highest BCUT2D eigenvalue weighted by Crippen LogP contribution is 2.22. The van der Waals surface area contributed by atoms with Gasteiger partial charge in [0, 0.05) is 31.3 Å². The summed E-state index contributed by atoms with van der Waals surface area (Å²) in [5.74, 6) is -0.0906. The van der Waals surface area contributed by atoms with Crippen molar-refractivity contribution in [1.29, 1.82) is 0 Å². The van der Waals surface area contributed by atoms with Crippen molar-refractivity contribution < 1.29 is 22.7 Å². The van der Waals surface area contributed by atoms with Crippen molar-refractivity contribution in [2.45, 2.75) is 6.92 Å². The van der Waals surface area contributed by atoms with Crippen LogP contribution in [0.2, 0.25) is 0 Å². The molecule has 0 bridgehead atoms. The fourth-order valence-corrected chi connectivity index (χ4v) is 2.72. The molecule has 2 amide bonds. The number of H-pyrrole nitrogens is 1. The first-order chi connectivity index (χ1) is 13.2. The number of carbonyl (C=O) groups excluding carboxylic acids is 2. The largest absolute Gasteiger partial charge is 0.493 e. The SMILES string of the molecule is CCOc1ccccc1C(=O)N(C)c1cc(C(=O)NC/C=C/S(C)(=O)=O)[nH]n1. The summed E-state index contributed by atoms with van der Waals surface area (Å²) in [6, 6.07) is 8.29. The van der Waals surface area contributed by atoms with Crippen LogP contribution >= 0.6 is 0 Å². The van der Waals surface area contributed by atoms with E-state index in [1.165, 1.54) is 24.1 Å². The van der Waals surface area contributed by atoms with Crippen molar-refractivity contribution in [1.82, 2.24) is 15.5 Å². The lowest BCUT2D eigenvalue weighted by Crippen LogP contribution is -2.27. The predicted molar refractivity (Wildman–Crippen MR) is 105 cm³/mol. The van der Waals surface area contributed by atoms with Gasteiger partial charge in [-0.25, -0.2) is 8.42 Å². The van der Waals surface area contributed by atoms with Crippen LogP contribution in [-0.4, -0.2) is 56.9 Å². The molecule has 1 aromatic carbocycles. The third-order valence-corrected chi connectivity index (χ3v) is 4.29. The van der Waals surface area contributed by atoms with E-state index in [1.54, 1.807) is 24.3 Å². The molecule has 1 heterocycles. The van der Waals surface area contributed by atoms with Gasteiger partial charge in [0.15, 0.2) is 15.7 Å². The van der Waals surface area contributed by atoms with Gasteiger partial charge in [0.2, 0.25) is 0 Å². The molecule has 0 spiro atoms. The minimum absolute atomic E-state index is 0.0385. The summed E-state index contributed by atoms with van der Waals surface area (Å²) < 4.78 is 27.5. The maximum Gasteiger partial charge on any atom is 0.269 e. The average molecular weight is 406 g/mol. The molecule has 0 saturated carbocycles. The normalized spacial score (nSPS) is 11.4. The van der Waals surface area contributed by atoms with Gasteiger partial charge in [-0.1, -0.05) is 18.2 Å². The number of rotatable bonds is 8. The Morgan fingerprint density at radius 3 is 2.71 bits per heavy atom. The smallest absolute Gasteiger partial charge is 0.269 e. The van der Waals surface area contributed by atoms with E-state index < -0.39 is 15.7 Å². The molecule has 0 fully saturated rings. The molecule has 0 aliphatic rings. The van der Waals surface area contributed by atoms with Crippen LogP contribution in [0.15, 0.2) is 41.8 Å². The van der Waals surface area contributed by atoms with E-state index in [1.807, 2.05) is 6.92 Å². The minimum Gasteiger partial charge on any atom is -0.493 e. The molecule has 2 rings (SSSR count). The van der Waals surface area contributed by atoms with Gasteiger partial charge in [-0.15, -0.1) is 0 Å². The van der Waals surface area contributed by atoms with Crippen molar-refractivity contribution >= 4 is 27.5 Å². The number of amides is 2. The molecule has 0 atom stereocenters. The van der Waals surface area contributed by atoms with Crippen LogP contribution < -0.4 is 15.0 Å². The fourth-order valence-electron chi connectivity index (χ4n) is 2.28. The van der Waals surface area contributed by atoms with Gasteiger partial charge in [0.1, 0.15) is 11.4 Å². The summed E-state index contributed by atoms with van der Waals surface area (Å²) >= 11 is 0. The van der Waals surface area contributed by atoms with Gasteiger partial charge < -0.3 is 10.1 Å². The molecule has 2 aromatic rings. The number of anilines is 1. The van der Waals surface area contributed by atoms with E-state index in [9.17, 15) is 18.0 Å². The van der Waals surface area contributed by atoms with Crippen molar-refractivity contribution in [3.05, 3.63) is 53.1 Å². The monoisotopic (exact) mass is 406 g/mol. The molecule has 0 radical (unpaired) electrons. The Bertz CT molecular complexity index is 981. The average Bonchev–Trinajstić information content (AvgIpc) is 3.14. The second-order valence-electron chi connectivity index (χ2n) is 5.84. The maximum atomic E-state index is 12.8. The zero-order chi connectivity index (χ0) is 20.7. The van der Waals surface area contributed by atoms with Crippen LogP contribution in [0, 0.1) is 0 Å². The molecule has 1 aromatic heterocycles. The minimum atomic E-state index is -3.24. The second kappa shape index (κ2) is 9.18. The van der Waals surface area contributed by atoms with Crippen molar-refractivity contribution in [3.8, 4) is 5.75 Å². The Morgan fingerprint density at radius 2 is 2.04 bits per heavy atom. The molecule has 9 nitrogen and oxygen atoms in total. The van der Waals surface area contributed by atoms with Crippen LogP contribution in [0.1, 0.15) is 27.8 Å². The number of ether oxygens (including phenoxy) is 1. The molecule has 0 saturated heterocycles. The fraction of sp³-hybridized carbons (Fsp3) is 0.278. The Morgan fingerprint density at radius 1 is 1.32 bits per heavy atom. The van der Waals surface area contributed by atoms with Crippen molar-refractivity contribution in [3.63, 3.8) is 0 Å². The zero-order valence-corrected chi connectivity index (χ0v) is 16.6. The van der Waals surface area contributed by atoms with Gasteiger partial charge in [0.25, 0.3) is 11.8 Å². The van der Waals surface area contributed by atoms with Crippen molar-refractivity contribution in [2.75, 3.05) is 31.4 Å². The van der Waals surface area contributed by atoms with E-state index in [2.05, 4.69) is 15.5 Å². The van der Waals surface area contributed by atoms with Gasteiger partial charge in [-0.3, -0.25) is 19.6 Å². The Labute approximate surface area is 163 Å². The summed E-state index contributed by atoms with van der Waals surface area (Å²) in [7, 11) is -1.70. The van der Waals surface area contributed by atoms with E-state index in [-0.39, 0.29) is 24.0 Å². The van der Waals surface area contributed by atoms with Gasteiger partial charge in [0.05, 0.1) is 12.2 Å². The second-order valence-corrected chi connectivity index (χ2v) is 7.78. The molecule has 0 aliphatic carbocycles. The first kappa shape index (κ1) is 21.2. The molecule has 150 valence electrons. The molecule has 28 heavy (non-hydrogen) atoms. The first-order valence-electron chi connectivity index (χ1n) is 8.43. The highest BCUT2D eigenvalue weighted by atomic mass is 32.2. The lowest BCUT2D eigenvalue weighted by molar-refractivity contribution is 0.0951. The number of carbonyl (C=O) groups is 2. The van der Waals surface area contributed by atoms with Crippen LogP contribution in [-0.2, 0) is 9.84 Å². The highest BCUT2D eigenvalue weighted by Gasteiger charge is 2.20. The number of hydrogen-bond acceptors (Lipinski definition) is 6. The number of hydrogen-bond donors (Lipinski definition) is 2. The summed E-state index contributed by atoms with van der Waals surface area (Å²) in [6.07, 6.45) is 2.38. The summed E-state index contributed by atoms with van der Waals surface area (Å²) in [6.45, 7) is 2.29. The third kappa shape index (κ3) is 5.68. The van der Waals surface area contributed by atoms with Gasteiger partial charge in [-0.05, 0) is 19.1 Å². The van der Waals surface area contributed by atoms with Gasteiger partial charge >= 0.3 is 0 Å². The van der Waals surface area contributed by atoms with Crippen LogP contribution in [0.3, 0.4) is 0 Å². The van der Waals surface area contributed by atoms with E-state index >= 15 is 0 Å². The maximum absolute atomic E-state index is 12.8. The van der Waals surface area contributed by atoms with Crippen LogP contribution in [0.5, 0.6) is 5.75 Å². The molecular formula is C18H22N4O5S. The number of benzene rings is 1. The standard InChI is InChI=1S/C18H22N4O5S/c1-4-27-15-9-6-5-8-13(15)18(24)22(2)16-12-14(20-21-16)17(23)19-10-7-11-28(3,25)26/h5-9,11-12H,4,10H2,1-3H3,(H,19,23)(H,20,21)/b11-7+. The molecule has 10 heteroatoms. The third-order valence-electron chi connectivity index (χ3n) is 3.60. The summed E-state index contributed by atoms with van der Waals surface area (Å²) in [5.41, 5.74) is 0.521. The Hall–Kier alpha value is -3.14. The lowest BCUT2D eigenvalue weighted by atomic mass is 10.1.